The first kappa shape index (κ1) is 16.4. The van der Waals surface area contributed by atoms with E-state index in [1.807, 2.05) is 42.6 Å². The van der Waals surface area contributed by atoms with Crippen LogP contribution in [-0.4, -0.2) is 27.3 Å². The van der Waals surface area contributed by atoms with Gasteiger partial charge in [0, 0.05) is 42.6 Å². The molecular weight excluding hydrogens is 316 g/mol. The molecule has 0 spiro atoms. The van der Waals surface area contributed by atoms with Gasteiger partial charge in [-0.3, -0.25) is 14.5 Å². The Hall–Kier alpha value is -3.41. The van der Waals surface area contributed by atoms with Crippen molar-refractivity contribution in [3.05, 3.63) is 78.9 Å². The minimum absolute atomic E-state index is 0.211. The van der Waals surface area contributed by atoms with Crippen molar-refractivity contribution in [1.82, 2.24) is 14.8 Å². The zero-order valence-corrected chi connectivity index (χ0v) is 13.6. The van der Waals surface area contributed by atoms with E-state index in [-0.39, 0.29) is 5.91 Å². The summed E-state index contributed by atoms with van der Waals surface area (Å²) >= 11 is 0. The number of hydrogen-bond donors (Lipinski definition) is 1. The molecule has 126 valence electrons. The maximum absolute atomic E-state index is 12.0. The van der Waals surface area contributed by atoms with E-state index in [9.17, 15) is 4.79 Å². The lowest BCUT2D eigenvalue weighted by Gasteiger charge is -2.08. The molecule has 0 aliphatic heterocycles. The molecule has 0 aliphatic rings. The van der Waals surface area contributed by atoms with Crippen LogP contribution in [0.2, 0.25) is 0 Å². The zero-order chi connectivity index (χ0) is 17.3. The Morgan fingerprint density at radius 1 is 1.20 bits per heavy atom. The first-order chi connectivity index (χ1) is 12.3. The Morgan fingerprint density at radius 3 is 2.96 bits per heavy atom. The van der Waals surface area contributed by atoms with Crippen molar-refractivity contribution in [2.24, 2.45) is 0 Å². The molecule has 2 heterocycles. The van der Waals surface area contributed by atoms with Crippen LogP contribution in [0.3, 0.4) is 0 Å². The molecule has 0 saturated heterocycles. The molecule has 0 fully saturated rings. The SMILES string of the molecule is O=C(/C=C/c1cccnc1)Nc1cccc(OCCn2cccn2)c1. The van der Waals surface area contributed by atoms with Crippen LogP contribution in [0.25, 0.3) is 6.08 Å². The predicted molar refractivity (Wildman–Crippen MR) is 96.1 cm³/mol. The third-order valence-electron chi connectivity index (χ3n) is 3.36. The average Bonchev–Trinajstić information content (AvgIpc) is 3.15. The van der Waals surface area contributed by atoms with E-state index in [0.29, 0.717) is 24.6 Å². The number of carbonyl (C=O) groups excluding carboxylic acids is 1. The van der Waals surface area contributed by atoms with E-state index in [0.717, 1.165) is 5.56 Å². The summed E-state index contributed by atoms with van der Waals surface area (Å²) in [5.74, 6) is 0.485. The molecule has 0 bridgehead atoms. The van der Waals surface area contributed by atoms with E-state index >= 15 is 0 Å². The molecule has 2 aromatic heterocycles. The van der Waals surface area contributed by atoms with Gasteiger partial charge in [0.05, 0.1) is 6.54 Å². The highest BCUT2D eigenvalue weighted by molar-refractivity contribution is 6.01. The second kappa shape index (κ2) is 8.44. The van der Waals surface area contributed by atoms with Crippen molar-refractivity contribution in [2.45, 2.75) is 6.54 Å². The summed E-state index contributed by atoms with van der Waals surface area (Å²) in [5, 5.41) is 6.93. The maximum Gasteiger partial charge on any atom is 0.248 e. The molecule has 6 heteroatoms. The van der Waals surface area contributed by atoms with Gasteiger partial charge in [-0.15, -0.1) is 0 Å². The van der Waals surface area contributed by atoms with Gasteiger partial charge in [-0.25, -0.2) is 0 Å². The number of carbonyl (C=O) groups is 1. The number of nitrogens with zero attached hydrogens (tertiary/aromatic N) is 3. The second-order valence-corrected chi connectivity index (χ2v) is 5.25. The highest BCUT2D eigenvalue weighted by Gasteiger charge is 2.01. The number of rotatable bonds is 7. The quantitative estimate of drug-likeness (QED) is 0.674. The zero-order valence-electron chi connectivity index (χ0n) is 13.6. The van der Waals surface area contributed by atoms with Crippen LogP contribution < -0.4 is 10.1 Å². The molecule has 1 N–H and O–H groups in total. The first-order valence-electron chi connectivity index (χ1n) is 7.89. The van der Waals surface area contributed by atoms with Crippen LogP contribution in [0.1, 0.15) is 5.56 Å². The van der Waals surface area contributed by atoms with E-state index < -0.39 is 0 Å². The summed E-state index contributed by atoms with van der Waals surface area (Å²) in [6.07, 6.45) is 10.2. The molecule has 0 radical (unpaired) electrons. The lowest BCUT2D eigenvalue weighted by atomic mass is 10.2. The number of aromatic nitrogens is 3. The molecular formula is C19H18N4O2. The van der Waals surface area contributed by atoms with Crippen molar-refractivity contribution in [3.8, 4) is 5.75 Å². The molecule has 0 atom stereocenters. The lowest BCUT2D eigenvalue weighted by molar-refractivity contribution is -0.111. The third kappa shape index (κ3) is 5.31. The largest absolute Gasteiger partial charge is 0.492 e. The summed E-state index contributed by atoms with van der Waals surface area (Å²) in [6, 6.07) is 12.9. The van der Waals surface area contributed by atoms with Crippen LogP contribution in [-0.2, 0) is 11.3 Å². The molecule has 3 aromatic rings. The van der Waals surface area contributed by atoms with Crippen LogP contribution in [0.4, 0.5) is 5.69 Å². The van der Waals surface area contributed by atoms with Gasteiger partial charge in [-0.2, -0.15) is 5.10 Å². The number of anilines is 1. The van der Waals surface area contributed by atoms with Crippen molar-refractivity contribution < 1.29 is 9.53 Å². The van der Waals surface area contributed by atoms with E-state index in [1.54, 1.807) is 35.4 Å². The van der Waals surface area contributed by atoms with Gasteiger partial charge in [0.1, 0.15) is 12.4 Å². The van der Waals surface area contributed by atoms with E-state index in [1.165, 1.54) is 6.08 Å². The Bertz CT molecular complexity index is 830. The predicted octanol–water partition coefficient (Wildman–Crippen LogP) is 3.01. The van der Waals surface area contributed by atoms with E-state index in [4.69, 9.17) is 4.74 Å². The fourth-order valence-electron chi connectivity index (χ4n) is 2.18. The van der Waals surface area contributed by atoms with Gasteiger partial charge in [0.25, 0.3) is 0 Å². The summed E-state index contributed by atoms with van der Waals surface area (Å²) in [4.78, 5) is 16.0. The normalized spacial score (nSPS) is 10.7. The van der Waals surface area contributed by atoms with Crippen LogP contribution >= 0.6 is 0 Å². The Kier molecular flexibility index (Phi) is 5.56. The fourth-order valence-corrected chi connectivity index (χ4v) is 2.18. The van der Waals surface area contributed by atoms with Crippen molar-refractivity contribution >= 4 is 17.7 Å². The third-order valence-corrected chi connectivity index (χ3v) is 3.36. The summed E-state index contributed by atoms with van der Waals surface area (Å²) < 4.78 is 7.49. The van der Waals surface area contributed by atoms with Crippen molar-refractivity contribution in [1.29, 1.82) is 0 Å². The summed E-state index contributed by atoms with van der Waals surface area (Å²) in [6.45, 7) is 1.16. The first-order valence-corrected chi connectivity index (χ1v) is 7.89. The Balaban J connectivity index is 1.52. The molecule has 0 saturated carbocycles. The summed E-state index contributed by atoms with van der Waals surface area (Å²) in [5.41, 5.74) is 1.55. The van der Waals surface area contributed by atoms with Crippen LogP contribution in [0.15, 0.2) is 73.3 Å². The highest BCUT2D eigenvalue weighted by Crippen LogP contribution is 2.17. The van der Waals surface area contributed by atoms with Gasteiger partial charge in [-0.05, 0) is 35.9 Å². The molecule has 3 rings (SSSR count). The molecule has 0 unspecified atom stereocenters. The fraction of sp³-hybridized carbons (Fsp3) is 0.105. The Morgan fingerprint density at radius 2 is 2.16 bits per heavy atom. The molecule has 1 aromatic carbocycles. The highest BCUT2D eigenvalue weighted by atomic mass is 16.5. The molecule has 6 nitrogen and oxygen atoms in total. The van der Waals surface area contributed by atoms with Gasteiger partial charge in [0.2, 0.25) is 5.91 Å². The van der Waals surface area contributed by atoms with Crippen LogP contribution in [0, 0.1) is 0 Å². The molecule has 25 heavy (non-hydrogen) atoms. The van der Waals surface area contributed by atoms with Gasteiger partial charge >= 0.3 is 0 Å². The summed E-state index contributed by atoms with van der Waals surface area (Å²) in [7, 11) is 0. The lowest BCUT2D eigenvalue weighted by Crippen LogP contribution is -2.10. The van der Waals surface area contributed by atoms with Gasteiger partial charge in [-0.1, -0.05) is 12.1 Å². The molecule has 1 amide bonds. The van der Waals surface area contributed by atoms with Gasteiger partial charge in [0.15, 0.2) is 0 Å². The minimum atomic E-state index is -0.211. The number of pyridine rings is 1. The minimum Gasteiger partial charge on any atom is -0.492 e. The smallest absolute Gasteiger partial charge is 0.248 e. The van der Waals surface area contributed by atoms with Crippen molar-refractivity contribution in [2.75, 3.05) is 11.9 Å². The number of nitrogens with one attached hydrogen (secondary N) is 1. The Labute approximate surface area is 145 Å². The van der Waals surface area contributed by atoms with E-state index in [2.05, 4.69) is 15.4 Å². The second-order valence-electron chi connectivity index (χ2n) is 5.25. The maximum atomic E-state index is 12.0. The number of ether oxygens (including phenoxy) is 1. The monoisotopic (exact) mass is 334 g/mol. The average molecular weight is 334 g/mol. The molecule has 0 aliphatic carbocycles. The van der Waals surface area contributed by atoms with Crippen LogP contribution in [0.5, 0.6) is 5.75 Å². The van der Waals surface area contributed by atoms with Gasteiger partial charge < -0.3 is 10.1 Å². The number of amides is 1. The number of benzene rings is 1. The standard InChI is InChI=1S/C19H18N4O2/c24-19(8-7-16-4-2-9-20-15-16)22-17-5-1-6-18(14-17)25-13-12-23-11-3-10-21-23/h1-11,14-15H,12-13H2,(H,22,24)/b8-7+. The number of hydrogen-bond acceptors (Lipinski definition) is 4. The topological polar surface area (TPSA) is 69.0 Å². The van der Waals surface area contributed by atoms with Crippen molar-refractivity contribution in [3.63, 3.8) is 0 Å².